The Labute approximate surface area is 93.0 Å². The topological polar surface area (TPSA) is 40.9 Å². The molecule has 0 radical (unpaired) electrons. The zero-order chi connectivity index (χ0) is 11.5. The lowest BCUT2D eigenvalue weighted by Gasteiger charge is -1.97. The first-order chi connectivity index (χ1) is 7.70. The van der Waals surface area contributed by atoms with E-state index in [9.17, 15) is 9.18 Å². The molecule has 0 bridgehead atoms. The van der Waals surface area contributed by atoms with Gasteiger partial charge < -0.3 is 0 Å². The number of nitriles is 1. The summed E-state index contributed by atoms with van der Waals surface area (Å²) < 4.78 is 13.0. The van der Waals surface area contributed by atoms with Crippen LogP contribution in [-0.4, -0.2) is 5.78 Å². The number of hydrogen-bond acceptors (Lipinski definition) is 2. The van der Waals surface area contributed by atoms with E-state index in [4.69, 9.17) is 5.26 Å². The van der Waals surface area contributed by atoms with E-state index in [0.29, 0.717) is 11.1 Å². The Hall–Kier alpha value is -1.95. The van der Waals surface area contributed by atoms with E-state index in [1.165, 1.54) is 30.4 Å². The fourth-order valence-corrected chi connectivity index (χ4v) is 1.45. The Bertz CT molecular complexity index is 495. The molecule has 2 nitrogen and oxygen atoms in total. The number of ketones is 1. The minimum Gasteiger partial charge on any atom is -0.295 e. The summed E-state index contributed by atoms with van der Waals surface area (Å²) in [6, 6.07) is 5.87. The van der Waals surface area contributed by atoms with Crippen LogP contribution in [-0.2, 0) is 4.79 Å². The molecule has 1 aliphatic carbocycles. The summed E-state index contributed by atoms with van der Waals surface area (Å²) in [6.45, 7) is 0. The van der Waals surface area contributed by atoms with Crippen LogP contribution in [0.2, 0.25) is 0 Å². The predicted molar refractivity (Wildman–Crippen MR) is 57.9 cm³/mol. The summed E-state index contributed by atoms with van der Waals surface area (Å²) in [5.74, 6) is -0.194. The molecule has 0 spiro atoms. The number of allylic oxidation sites excluding steroid dienone is 1. The Morgan fingerprint density at radius 1 is 1.50 bits per heavy atom. The lowest BCUT2D eigenvalue weighted by molar-refractivity contribution is -0.115. The van der Waals surface area contributed by atoms with Gasteiger partial charge in [-0.2, -0.15) is 5.26 Å². The number of halogens is 1. The molecule has 16 heavy (non-hydrogen) atoms. The molecule has 1 saturated carbocycles. The number of rotatable bonds is 3. The van der Waals surface area contributed by atoms with Gasteiger partial charge in [0.25, 0.3) is 0 Å². The minimum absolute atomic E-state index is 0.0631. The van der Waals surface area contributed by atoms with Gasteiger partial charge in [-0.25, -0.2) is 4.39 Å². The highest BCUT2D eigenvalue weighted by atomic mass is 19.1. The zero-order valence-electron chi connectivity index (χ0n) is 8.61. The monoisotopic (exact) mass is 215 g/mol. The van der Waals surface area contributed by atoms with Crippen molar-refractivity contribution < 1.29 is 9.18 Å². The summed E-state index contributed by atoms with van der Waals surface area (Å²) in [6.07, 6.45) is 4.84. The van der Waals surface area contributed by atoms with Gasteiger partial charge in [0.15, 0.2) is 5.78 Å². The van der Waals surface area contributed by atoms with Crippen molar-refractivity contribution in [2.24, 2.45) is 5.92 Å². The van der Waals surface area contributed by atoms with Gasteiger partial charge in [-0.05, 0) is 42.7 Å². The average molecular weight is 215 g/mol. The van der Waals surface area contributed by atoms with E-state index in [2.05, 4.69) is 0 Å². The first-order valence-electron chi connectivity index (χ1n) is 5.12. The van der Waals surface area contributed by atoms with Crippen molar-refractivity contribution in [3.8, 4) is 6.07 Å². The van der Waals surface area contributed by atoms with Crippen molar-refractivity contribution >= 4 is 11.9 Å². The first-order valence-corrected chi connectivity index (χ1v) is 5.12. The van der Waals surface area contributed by atoms with Gasteiger partial charge in [-0.3, -0.25) is 4.79 Å². The lowest BCUT2D eigenvalue weighted by Crippen LogP contribution is -1.94. The Kier molecular flexibility index (Phi) is 2.82. The average Bonchev–Trinajstić information content (AvgIpc) is 3.10. The van der Waals surface area contributed by atoms with Gasteiger partial charge >= 0.3 is 0 Å². The summed E-state index contributed by atoms with van der Waals surface area (Å²) in [5, 5.41) is 8.80. The largest absolute Gasteiger partial charge is 0.295 e. The van der Waals surface area contributed by atoms with Crippen LogP contribution in [0.25, 0.3) is 6.08 Å². The Morgan fingerprint density at radius 2 is 2.25 bits per heavy atom. The van der Waals surface area contributed by atoms with E-state index in [1.807, 2.05) is 6.07 Å². The van der Waals surface area contributed by atoms with Gasteiger partial charge in [0, 0.05) is 5.92 Å². The van der Waals surface area contributed by atoms with Crippen LogP contribution in [0.5, 0.6) is 0 Å². The zero-order valence-corrected chi connectivity index (χ0v) is 8.61. The van der Waals surface area contributed by atoms with E-state index >= 15 is 0 Å². The molecule has 1 fully saturated rings. The molecule has 3 heteroatoms. The third kappa shape index (κ3) is 2.34. The van der Waals surface area contributed by atoms with Crippen LogP contribution >= 0.6 is 0 Å². The smallest absolute Gasteiger partial charge is 0.158 e. The van der Waals surface area contributed by atoms with Crippen molar-refractivity contribution in [1.29, 1.82) is 5.26 Å². The highest BCUT2D eigenvalue weighted by Crippen LogP contribution is 2.30. The van der Waals surface area contributed by atoms with Crippen molar-refractivity contribution in [3.63, 3.8) is 0 Å². The number of carbonyl (C=O) groups is 1. The fraction of sp³-hybridized carbons (Fsp3) is 0.231. The maximum Gasteiger partial charge on any atom is 0.158 e. The van der Waals surface area contributed by atoms with Crippen LogP contribution < -0.4 is 0 Å². The SMILES string of the molecule is N#Cc1ccc(F)cc1/C=C/C(=O)C1CC1. The molecule has 0 aliphatic heterocycles. The number of benzene rings is 1. The molecule has 0 unspecified atom stereocenters. The van der Waals surface area contributed by atoms with Crippen LogP contribution in [0.4, 0.5) is 4.39 Å². The third-order valence-corrected chi connectivity index (χ3v) is 2.54. The third-order valence-electron chi connectivity index (χ3n) is 2.54. The molecule has 0 saturated heterocycles. The molecule has 0 N–H and O–H groups in total. The molecular weight excluding hydrogens is 205 g/mol. The molecule has 0 aromatic heterocycles. The van der Waals surface area contributed by atoms with E-state index < -0.39 is 5.82 Å². The second-order valence-electron chi connectivity index (χ2n) is 3.85. The van der Waals surface area contributed by atoms with Gasteiger partial charge in [-0.1, -0.05) is 6.08 Å². The molecule has 2 rings (SSSR count). The molecule has 0 amide bonds. The number of nitrogens with zero attached hydrogens (tertiary/aromatic N) is 1. The number of carbonyl (C=O) groups excluding carboxylic acids is 1. The second-order valence-corrected chi connectivity index (χ2v) is 3.85. The van der Waals surface area contributed by atoms with Crippen molar-refractivity contribution in [2.75, 3.05) is 0 Å². The summed E-state index contributed by atoms with van der Waals surface area (Å²) in [7, 11) is 0. The molecule has 0 atom stereocenters. The van der Waals surface area contributed by atoms with E-state index in [1.54, 1.807) is 0 Å². The van der Waals surface area contributed by atoms with E-state index in [0.717, 1.165) is 12.8 Å². The quantitative estimate of drug-likeness (QED) is 0.727. The Morgan fingerprint density at radius 3 is 2.88 bits per heavy atom. The second kappa shape index (κ2) is 4.28. The fourth-order valence-electron chi connectivity index (χ4n) is 1.45. The van der Waals surface area contributed by atoms with Gasteiger partial charge in [0.05, 0.1) is 11.6 Å². The molecule has 1 aliphatic rings. The summed E-state index contributed by atoms with van der Waals surface area (Å²) >= 11 is 0. The van der Waals surface area contributed by atoms with Crippen LogP contribution in [0.3, 0.4) is 0 Å². The van der Waals surface area contributed by atoms with Crippen LogP contribution in [0.1, 0.15) is 24.0 Å². The maximum absolute atomic E-state index is 13.0. The first kappa shape index (κ1) is 10.6. The molecular formula is C13H10FNO. The molecule has 0 heterocycles. The summed E-state index contributed by atoms with van der Waals surface area (Å²) in [5.41, 5.74) is 0.831. The lowest BCUT2D eigenvalue weighted by atomic mass is 10.1. The highest BCUT2D eigenvalue weighted by molar-refractivity contribution is 5.97. The Balaban J connectivity index is 2.22. The van der Waals surface area contributed by atoms with Gasteiger partial charge in [-0.15, -0.1) is 0 Å². The van der Waals surface area contributed by atoms with E-state index in [-0.39, 0.29) is 11.7 Å². The van der Waals surface area contributed by atoms with Crippen molar-refractivity contribution in [1.82, 2.24) is 0 Å². The highest BCUT2D eigenvalue weighted by Gasteiger charge is 2.27. The molecule has 80 valence electrons. The molecule has 1 aromatic rings. The van der Waals surface area contributed by atoms with Crippen molar-refractivity contribution in [3.05, 3.63) is 41.2 Å². The van der Waals surface area contributed by atoms with Crippen LogP contribution in [0.15, 0.2) is 24.3 Å². The number of hydrogen-bond donors (Lipinski definition) is 0. The maximum atomic E-state index is 13.0. The predicted octanol–water partition coefficient (Wildman–Crippen LogP) is 2.69. The van der Waals surface area contributed by atoms with Crippen LogP contribution in [0, 0.1) is 23.1 Å². The summed E-state index contributed by atoms with van der Waals surface area (Å²) in [4.78, 5) is 11.4. The normalized spacial score (nSPS) is 15.0. The van der Waals surface area contributed by atoms with Crippen molar-refractivity contribution in [2.45, 2.75) is 12.8 Å². The molecule has 1 aromatic carbocycles. The standard InChI is InChI=1S/C13H10FNO/c14-12-5-3-11(8-15)10(7-12)4-6-13(16)9-1-2-9/h3-7,9H,1-2H2/b6-4+. The van der Waals surface area contributed by atoms with Gasteiger partial charge in [0.1, 0.15) is 5.82 Å². The minimum atomic E-state index is -0.405. The van der Waals surface area contributed by atoms with Gasteiger partial charge in [0.2, 0.25) is 0 Å².